The SMILES string of the molecule is C=C(C)C(=O)OCCOc1ccc(C(C)(CCC(=O)O)c2ccc(OCCOC(=O)C(=C)C)cc2)cc1.CC(CCC(=O)O)(c1ccc(O)cc1)c1ccc(O)cc1.[CH+]=C(C)C(=O)OCCBr. The topological polar surface area (TPSA) is 212 Å². The number of carbonyl (C=O) groups is 5. The van der Waals surface area contributed by atoms with Gasteiger partial charge in [-0.3, -0.25) is 9.59 Å². The largest absolute Gasteiger partial charge is 0.508 e. The van der Waals surface area contributed by atoms with Gasteiger partial charge in [0.25, 0.3) is 0 Å². The molecule has 14 nitrogen and oxygen atoms in total. The molecule has 0 atom stereocenters. The highest BCUT2D eigenvalue weighted by atomic mass is 79.9. The van der Waals surface area contributed by atoms with Crippen LogP contribution in [0, 0.1) is 6.58 Å². The van der Waals surface area contributed by atoms with Gasteiger partial charge in [-0.25, -0.2) is 9.59 Å². The van der Waals surface area contributed by atoms with Crippen molar-refractivity contribution in [1.29, 1.82) is 0 Å². The first kappa shape index (κ1) is 56.2. The van der Waals surface area contributed by atoms with Crippen LogP contribution in [-0.2, 0) is 49.0 Å². The summed E-state index contributed by atoms with van der Waals surface area (Å²) in [5.41, 5.74) is 3.46. The number of aliphatic carboxylic acids is 2. The molecule has 0 bridgehead atoms. The number of rotatable bonds is 23. The Kier molecular flexibility index (Phi) is 23.6. The number of carboxylic acid groups (broad SMARTS) is 2. The van der Waals surface area contributed by atoms with E-state index in [0.717, 1.165) is 22.3 Å². The fourth-order valence-corrected chi connectivity index (χ4v) is 6.36. The summed E-state index contributed by atoms with van der Waals surface area (Å²) in [5.74, 6) is -1.53. The van der Waals surface area contributed by atoms with Gasteiger partial charge in [0.1, 0.15) is 56.0 Å². The van der Waals surface area contributed by atoms with E-state index in [-0.39, 0.29) is 56.3 Å². The molecule has 0 fully saturated rings. The van der Waals surface area contributed by atoms with Crippen LogP contribution in [0.3, 0.4) is 0 Å². The van der Waals surface area contributed by atoms with Gasteiger partial charge in [0.15, 0.2) is 0 Å². The number of esters is 3. The highest BCUT2D eigenvalue weighted by Crippen LogP contribution is 2.39. The number of benzene rings is 4. The first-order valence-corrected chi connectivity index (χ1v) is 22.2. The van der Waals surface area contributed by atoms with Crippen molar-refractivity contribution in [2.24, 2.45) is 0 Å². The monoisotopic (exact) mass is 987 g/mol. The fraction of sp³-hybridized carbons (Fsp3) is 0.327. The van der Waals surface area contributed by atoms with Crippen LogP contribution >= 0.6 is 15.9 Å². The van der Waals surface area contributed by atoms with E-state index in [4.69, 9.17) is 30.6 Å². The van der Waals surface area contributed by atoms with Crippen LogP contribution in [0.25, 0.3) is 0 Å². The molecule has 4 N–H and O–H groups in total. The lowest BCUT2D eigenvalue weighted by molar-refractivity contribution is -0.140. The lowest BCUT2D eigenvalue weighted by Gasteiger charge is -2.31. The summed E-state index contributed by atoms with van der Waals surface area (Å²) in [6.07, 6.45) is 0.849. The molecular weight excluding hydrogens is 928 g/mol. The number of hydrogen-bond acceptors (Lipinski definition) is 12. The van der Waals surface area contributed by atoms with Gasteiger partial charge in [-0.2, -0.15) is 0 Å². The molecule has 0 heterocycles. The maximum absolute atomic E-state index is 11.4. The van der Waals surface area contributed by atoms with Gasteiger partial charge >= 0.3 is 29.8 Å². The highest BCUT2D eigenvalue weighted by Gasteiger charge is 2.31. The second-order valence-corrected chi connectivity index (χ2v) is 16.4. The summed E-state index contributed by atoms with van der Waals surface area (Å²) in [5, 5.41) is 37.8. The van der Waals surface area contributed by atoms with Crippen molar-refractivity contribution in [2.45, 2.75) is 71.1 Å². The predicted molar refractivity (Wildman–Crippen MR) is 257 cm³/mol. The van der Waals surface area contributed by atoms with Crippen molar-refractivity contribution in [3.63, 3.8) is 0 Å². The quantitative estimate of drug-likeness (QED) is 0.0136. The van der Waals surface area contributed by atoms with Crippen LogP contribution in [0.1, 0.15) is 82.6 Å². The molecule has 0 aliphatic rings. The van der Waals surface area contributed by atoms with E-state index in [9.17, 15) is 39.3 Å². The zero-order valence-corrected chi connectivity index (χ0v) is 40.1. The molecule has 0 aliphatic carbocycles. The second kappa shape index (κ2) is 28.2. The fourth-order valence-electron chi connectivity index (χ4n) is 6.20. The van der Waals surface area contributed by atoms with Crippen molar-refractivity contribution < 1.29 is 68.1 Å². The Morgan fingerprint density at radius 1 is 0.522 bits per heavy atom. The van der Waals surface area contributed by atoms with Crippen LogP contribution in [-0.4, -0.2) is 88.6 Å². The predicted octanol–water partition coefficient (Wildman–Crippen LogP) is 9.43. The van der Waals surface area contributed by atoms with E-state index in [0.29, 0.717) is 47.4 Å². The average Bonchev–Trinajstić information content (AvgIpc) is 3.30. The minimum absolute atomic E-state index is 0.00478. The number of carboxylic acids is 2. The molecule has 0 saturated heterocycles. The molecule has 0 spiro atoms. The van der Waals surface area contributed by atoms with Crippen molar-refractivity contribution in [3.05, 3.63) is 156 Å². The van der Waals surface area contributed by atoms with Gasteiger partial charge in [-0.1, -0.05) is 91.5 Å². The Balaban J connectivity index is 0.000000427. The third kappa shape index (κ3) is 19.6. The Morgan fingerprint density at radius 2 is 0.821 bits per heavy atom. The van der Waals surface area contributed by atoms with Crippen LogP contribution < -0.4 is 9.47 Å². The third-order valence-corrected chi connectivity index (χ3v) is 10.5. The zero-order valence-electron chi connectivity index (χ0n) is 38.5. The molecular formula is C52H60BrO14+. The summed E-state index contributed by atoms with van der Waals surface area (Å²) < 4.78 is 25.9. The van der Waals surface area contributed by atoms with E-state index in [2.05, 4.69) is 33.8 Å². The summed E-state index contributed by atoms with van der Waals surface area (Å²) in [7, 11) is 0. The molecule has 0 aromatic heterocycles. The number of phenolic OH excluding ortho intramolecular Hbond substituents is 2. The molecule has 0 aliphatic heterocycles. The lowest BCUT2D eigenvalue weighted by atomic mass is 9.73. The number of phenols is 2. The van der Waals surface area contributed by atoms with Crippen LogP contribution in [0.4, 0.5) is 0 Å². The van der Waals surface area contributed by atoms with Crippen molar-refractivity contribution >= 4 is 45.8 Å². The molecule has 67 heavy (non-hydrogen) atoms. The number of halogens is 1. The smallest absolute Gasteiger partial charge is 0.487 e. The number of aromatic hydroxyl groups is 2. The number of carbonyl (C=O) groups excluding carboxylic acids is 3. The van der Waals surface area contributed by atoms with E-state index >= 15 is 0 Å². The zero-order chi connectivity index (χ0) is 50.2. The third-order valence-electron chi connectivity index (χ3n) is 10.2. The van der Waals surface area contributed by atoms with E-state index < -0.39 is 40.7 Å². The highest BCUT2D eigenvalue weighted by molar-refractivity contribution is 9.09. The van der Waals surface area contributed by atoms with Gasteiger partial charge in [0.05, 0.1) is 6.58 Å². The standard InChI is InChI=1S/C29H34O8.C17H18O4.C6H8BrO2/c1-20(2)27(32)36-18-16-34-24-10-6-22(7-11-24)29(5,15-14-26(30)31)23-8-12-25(13-9-23)35-17-19-37-28(33)21(3)4;1-17(11-10-16(20)21,12-2-6-14(18)7-3-12)13-4-8-15(19)9-5-13;1-5(2)6(8)9-4-3-7/h6-13H,1,3,14-19H2,2,4-5H3,(H,30,31);2-9,18-19H,10-11H2,1H3,(H,20,21);1H,3-4H2,2H3/q;;+1. The van der Waals surface area contributed by atoms with E-state index in [1.165, 1.54) is 6.92 Å². The number of hydrogen-bond donors (Lipinski definition) is 4. The van der Waals surface area contributed by atoms with Gasteiger partial charge in [0.2, 0.25) is 5.57 Å². The van der Waals surface area contributed by atoms with Gasteiger partial charge in [0, 0.05) is 47.1 Å². The van der Waals surface area contributed by atoms with E-state index in [1.807, 2.05) is 38.1 Å². The Morgan fingerprint density at radius 3 is 1.09 bits per heavy atom. The van der Waals surface area contributed by atoms with Crippen molar-refractivity contribution in [2.75, 3.05) is 38.4 Å². The molecule has 0 saturated carbocycles. The van der Waals surface area contributed by atoms with Crippen LogP contribution in [0.2, 0.25) is 0 Å². The number of alkyl halides is 1. The first-order valence-electron chi connectivity index (χ1n) is 21.1. The Labute approximate surface area is 400 Å². The Bertz CT molecular complexity index is 2140. The molecule has 358 valence electrons. The second-order valence-electron chi connectivity index (χ2n) is 15.6. The summed E-state index contributed by atoms with van der Waals surface area (Å²) >= 11 is 3.10. The molecule has 0 unspecified atom stereocenters. The molecule has 0 amide bonds. The summed E-state index contributed by atoms with van der Waals surface area (Å²) in [6.45, 7) is 21.8. The molecule has 15 heteroatoms. The lowest BCUT2D eigenvalue weighted by Crippen LogP contribution is -2.25. The van der Waals surface area contributed by atoms with Gasteiger partial charge < -0.3 is 44.1 Å². The minimum Gasteiger partial charge on any atom is -0.508 e. The number of ether oxygens (including phenoxy) is 5. The maximum atomic E-state index is 11.4. The molecule has 0 radical (unpaired) electrons. The normalized spacial score (nSPS) is 10.6. The van der Waals surface area contributed by atoms with Crippen molar-refractivity contribution in [1.82, 2.24) is 0 Å². The summed E-state index contributed by atoms with van der Waals surface area (Å²) in [6, 6.07) is 28.4. The van der Waals surface area contributed by atoms with Gasteiger partial charge in [-0.15, -0.1) is 4.79 Å². The van der Waals surface area contributed by atoms with Crippen molar-refractivity contribution in [3.8, 4) is 23.0 Å². The van der Waals surface area contributed by atoms with Crippen LogP contribution in [0.15, 0.2) is 127 Å². The van der Waals surface area contributed by atoms with Crippen LogP contribution in [0.5, 0.6) is 23.0 Å². The van der Waals surface area contributed by atoms with Gasteiger partial charge in [-0.05, 0) is 97.5 Å². The molecule has 4 aromatic carbocycles. The molecule has 4 rings (SSSR count). The maximum Gasteiger partial charge on any atom is 0.487 e. The molecule has 4 aromatic rings. The Hall–Kier alpha value is -6.96. The van der Waals surface area contributed by atoms with E-state index in [1.54, 1.807) is 86.6 Å². The first-order chi connectivity index (χ1) is 31.6. The summed E-state index contributed by atoms with van der Waals surface area (Å²) in [4.78, 5) is 55.7. The average molecular weight is 989 g/mol. The minimum atomic E-state index is -0.875.